The minimum atomic E-state index is -0.288. The van der Waals surface area contributed by atoms with Crippen LogP contribution in [0.4, 0.5) is 0 Å². The van der Waals surface area contributed by atoms with Crippen LogP contribution in [0.3, 0.4) is 0 Å². The number of hydrogen-bond acceptors (Lipinski definition) is 3. The molecule has 2 aliphatic rings. The first-order valence-electron chi connectivity index (χ1n) is 6.68. The number of thioether (sulfide) groups is 1. The fraction of sp³-hybridized carbons (Fsp3) is 0.846. The van der Waals surface area contributed by atoms with Crippen LogP contribution in [0.1, 0.15) is 33.1 Å². The van der Waals surface area contributed by atoms with Crippen molar-refractivity contribution >= 4 is 23.6 Å². The maximum Gasteiger partial charge on any atom is 0.243 e. The summed E-state index contributed by atoms with van der Waals surface area (Å²) in [4.78, 5) is 26.1. The van der Waals surface area contributed by atoms with Gasteiger partial charge in [0, 0.05) is 11.3 Å². The predicted octanol–water partition coefficient (Wildman–Crippen LogP) is 1.25. The van der Waals surface area contributed by atoms with Crippen LogP contribution in [0.2, 0.25) is 0 Å². The number of rotatable bonds is 3. The summed E-state index contributed by atoms with van der Waals surface area (Å²) >= 11 is 1.83. The molecule has 102 valence electrons. The van der Waals surface area contributed by atoms with E-state index in [1.54, 1.807) is 0 Å². The summed E-state index contributed by atoms with van der Waals surface area (Å²) in [6.45, 7) is 4.19. The van der Waals surface area contributed by atoms with Crippen LogP contribution in [0.5, 0.6) is 0 Å². The average molecular weight is 270 g/mol. The molecule has 3 unspecified atom stereocenters. The van der Waals surface area contributed by atoms with Crippen molar-refractivity contribution in [2.24, 2.45) is 5.92 Å². The second kappa shape index (κ2) is 5.51. The normalized spacial score (nSPS) is 33.1. The highest BCUT2D eigenvalue weighted by Gasteiger charge is 2.44. The van der Waals surface area contributed by atoms with E-state index in [9.17, 15) is 9.59 Å². The summed E-state index contributed by atoms with van der Waals surface area (Å²) in [6.07, 6.45) is 5.45. The lowest BCUT2D eigenvalue weighted by atomic mass is 9.96. The lowest BCUT2D eigenvalue weighted by Crippen LogP contribution is -2.64. The number of nitrogens with one attached hydrogen (secondary N) is 1. The zero-order valence-electron chi connectivity index (χ0n) is 11.3. The number of carbonyl (C=O) groups excluding carboxylic acids is 2. The largest absolute Gasteiger partial charge is 0.345 e. The first kappa shape index (κ1) is 13.7. The van der Waals surface area contributed by atoms with E-state index in [0.717, 1.165) is 19.3 Å². The van der Waals surface area contributed by atoms with Gasteiger partial charge < -0.3 is 10.2 Å². The molecule has 1 aliphatic heterocycles. The average Bonchev–Trinajstić information content (AvgIpc) is 2.79. The van der Waals surface area contributed by atoms with Crippen molar-refractivity contribution in [1.82, 2.24) is 10.2 Å². The molecule has 5 heteroatoms. The molecule has 0 aromatic heterocycles. The van der Waals surface area contributed by atoms with Crippen molar-refractivity contribution < 1.29 is 9.59 Å². The Morgan fingerprint density at radius 1 is 1.33 bits per heavy atom. The number of carbonyl (C=O) groups is 2. The van der Waals surface area contributed by atoms with Crippen molar-refractivity contribution in [3.8, 4) is 0 Å². The molecule has 0 radical (unpaired) electrons. The number of hydrogen-bond donors (Lipinski definition) is 1. The number of amides is 2. The molecular weight excluding hydrogens is 248 g/mol. The van der Waals surface area contributed by atoms with Gasteiger partial charge in [-0.2, -0.15) is 11.8 Å². The van der Waals surface area contributed by atoms with Crippen LogP contribution in [0, 0.1) is 5.92 Å². The molecule has 2 fully saturated rings. The molecule has 1 heterocycles. The zero-order chi connectivity index (χ0) is 13.3. The summed E-state index contributed by atoms with van der Waals surface area (Å²) in [5.41, 5.74) is 0. The topological polar surface area (TPSA) is 49.4 Å². The molecule has 2 amide bonds. The Morgan fingerprint density at radius 2 is 2.06 bits per heavy atom. The Morgan fingerprint density at radius 3 is 2.67 bits per heavy atom. The fourth-order valence-corrected chi connectivity index (χ4v) is 4.14. The van der Waals surface area contributed by atoms with E-state index in [0.29, 0.717) is 5.25 Å². The van der Waals surface area contributed by atoms with Crippen molar-refractivity contribution in [2.45, 2.75) is 50.4 Å². The van der Waals surface area contributed by atoms with Crippen LogP contribution in [-0.4, -0.2) is 46.8 Å². The van der Waals surface area contributed by atoms with Gasteiger partial charge in [-0.15, -0.1) is 0 Å². The fourth-order valence-electron chi connectivity index (χ4n) is 3.15. The maximum atomic E-state index is 12.2. The number of nitrogens with zero attached hydrogens (tertiary/aromatic N) is 1. The molecule has 0 bridgehead atoms. The highest BCUT2D eigenvalue weighted by atomic mass is 32.2. The summed E-state index contributed by atoms with van der Waals surface area (Å²) < 4.78 is 0. The van der Waals surface area contributed by atoms with Gasteiger partial charge in [-0.05, 0) is 25.0 Å². The Balaban J connectivity index is 2.25. The van der Waals surface area contributed by atoms with Crippen LogP contribution in [-0.2, 0) is 9.59 Å². The Bertz CT molecular complexity index is 346. The molecular formula is C13H22N2O2S. The maximum absolute atomic E-state index is 12.2. The van der Waals surface area contributed by atoms with Gasteiger partial charge in [0.05, 0.1) is 6.54 Å². The van der Waals surface area contributed by atoms with Crippen molar-refractivity contribution in [3.05, 3.63) is 0 Å². The Labute approximate surface area is 113 Å². The summed E-state index contributed by atoms with van der Waals surface area (Å²) in [5.74, 6) is 0.257. The van der Waals surface area contributed by atoms with Crippen LogP contribution < -0.4 is 5.32 Å². The van der Waals surface area contributed by atoms with Gasteiger partial charge in [0.25, 0.3) is 0 Å². The Kier molecular flexibility index (Phi) is 4.20. The SMILES string of the molecule is CSC1CCCC1N1C(=O)CNC(=O)C1C(C)C. The van der Waals surface area contributed by atoms with Crippen LogP contribution in [0.25, 0.3) is 0 Å². The summed E-state index contributed by atoms with van der Waals surface area (Å²) in [5, 5.41) is 3.20. The summed E-state index contributed by atoms with van der Waals surface area (Å²) in [7, 11) is 0. The molecule has 1 aliphatic carbocycles. The van der Waals surface area contributed by atoms with E-state index >= 15 is 0 Å². The van der Waals surface area contributed by atoms with E-state index in [1.807, 2.05) is 30.5 Å². The molecule has 18 heavy (non-hydrogen) atoms. The molecule has 4 nitrogen and oxygen atoms in total. The lowest BCUT2D eigenvalue weighted by Gasteiger charge is -2.42. The quantitative estimate of drug-likeness (QED) is 0.840. The van der Waals surface area contributed by atoms with Crippen molar-refractivity contribution in [2.75, 3.05) is 12.8 Å². The standard InChI is InChI=1S/C13H22N2O2S/c1-8(2)12-13(17)14-7-11(16)15(12)9-5-4-6-10(9)18-3/h8-10,12H,4-7H2,1-3H3,(H,14,17). The first-order chi connectivity index (χ1) is 8.56. The van der Waals surface area contributed by atoms with Gasteiger partial charge in [0.1, 0.15) is 6.04 Å². The molecule has 1 saturated carbocycles. The second-order valence-electron chi connectivity index (χ2n) is 5.48. The van der Waals surface area contributed by atoms with E-state index in [4.69, 9.17) is 0 Å². The highest BCUT2D eigenvalue weighted by molar-refractivity contribution is 7.99. The van der Waals surface area contributed by atoms with E-state index < -0.39 is 0 Å². The van der Waals surface area contributed by atoms with E-state index in [2.05, 4.69) is 11.6 Å². The van der Waals surface area contributed by atoms with E-state index in [1.165, 1.54) is 0 Å². The zero-order valence-corrected chi connectivity index (χ0v) is 12.1. The van der Waals surface area contributed by atoms with Gasteiger partial charge in [0.15, 0.2) is 0 Å². The molecule has 1 saturated heterocycles. The molecule has 0 aromatic carbocycles. The third kappa shape index (κ3) is 2.37. The van der Waals surface area contributed by atoms with Gasteiger partial charge in [0.2, 0.25) is 11.8 Å². The molecule has 0 spiro atoms. The lowest BCUT2D eigenvalue weighted by molar-refractivity contribution is -0.150. The van der Waals surface area contributed by atoms with Gasteiger partial charge >= 0.3 is 0 Å². The minimum Gasteiger partial charge on any atom is -0.345 e. The highest BCUT2D eigenvalue weighted by Crippen LogP contribution is 2.35. The van der Waals surface area contributed by atoms with Crippen LogP contribution >= 0.6 is 11.8 Å². The third-order valence-corrected chi connectivity index (χ3v) is 5.13. The van der Waals surface area contributed by atoms with Crippen LogP contribution in [0.15, 0.2) is 0 Å². The predicted molar refractivity (Wildman–Crippen MR) is 73.4 cm³/mol. The summed E-state index contributed by atoms with van der Waals surface area (Å²) in [6, 6.07) is -0.0463. The van der Waals surface area contributed by atoms with Gasteiger partial charge in [-0.3, -0.25) is 9.59 Å². The number of piperazine rings is 1. The van der Waals surface area contributed by atoms with Gasteiger partial charge in [-0.25, -0.2) is 0 Å². The smallest absolute Gasteiger partial charge is 0.243 e. The Hall–Kier alpha value is -0.710. The van der Waals surface area contributed by atoms with Gasteiger partial charge in [-0.1, -0.05) is 20.3 Å². The second-order valence-corrected chi connectivity index (χ2v) is 6.56. The first-order valence-corrected chi connectivity index (χ1v) is 7.96. The molecule has 3 atom stereocenters. The molecule has 0 aromatic rings. The monoisotopic (exact) mass is 270 g/mol. The van der Waals surface area contributed by atoms with Crippen molar-refractivity contribution in [3.63, 3.8) is 0 Å². The molecule has 1 N–H and O–H groups in total. The van der Waals surface area contributed by atoms with E-state index in [-0.39, 0.29) is 36.4 Å². The molecule has 2 rings (SSSR count). The minimum absolute atomic E-state index is 0.0105. The van der Waals surface area contributed by atoms with Crippen molar-refractivity contribution in [1.29, 1.82) is 0 Å². The third-order valence-electron chi connectivity index (χ3n) is 3.98.